The fourth-order valence-electron chi connectivity index (χ4n) is 5.11. The number of β-amino-alcohol motifs (C(OH)–C–C–N with tert-alkyl or cyclic N) is 1. The molecule has 2 N–H and O–H groups in total. The average Bonchev–Trinajstić information content (AvgIpc) is 3.51. The van der Waals surface area contributed by atoms with Crippen LogP contribution in [0.25, 0.3) is 5.52 Å². The summed E-state index contributed by atoms with van der Waals surface area (Å²) in [5.41, 5.74) is 3.86. The summed E-state index contributed by atoms with van der Waals surface area (Å²) in [6, 6.07) is 14.5. The van der Waals surface area contributed by atoms with Gasteiger partial charge in [-0.25, -0.2) is 13.3 Å². The standard InChI is InChI=1S/C27H25F2N5O2/c28-17-3-8-24(29)22(12-17)25-2-1-10-33(25)20-9-11-34-26(13-20)23(14-30-34)27(36)31-18-4-6-19(7-5-18)32-15-21(35)16-32/h3-9,11-14,21,25,35H,1-2,10,15-16H2,(H,31,36). The van der Waals surface area contributed by atoms with E-state index in [1.807, 2.05) is 36.4 Å². The highest BCUT2D eigenvalue weighted by atomic mass is 19.1. The summed E-state index contributed by atoms with van der Waals surface area (Å²) in [7, 11) is 0. The summed E-state index contributed by atoms with van der Waals surface area (Å²) >= 11 is 0. The zero-order valence-corrected chi connectivity index (χ0v) is 19.4. The maximum atomic E-state index is 14.5. The normalized spacial score (nSPS) is 18.0. The molecule has 1 amide bonds. The number of benzene rings is 2. The van der Waals surface area contributed by atoms with Crippen molar-refractivity contribution >= 4 is 28.5 Å². The molecular weight excluding hydrogens is 464 g/mol. The van der Waals surface area contributed by atoms with Crippen LogP contribution in [0.15, 0.2) is 67.0 Å². The van der Waals surface area contributed by atoms with Crippen molar-refractivity contribution < 1.29 is 18.7 Å². The van der Waals surface area contributed by atoms with Crippen LogP contribution < -0.4 is 15.1 Å². The molecule has 4 aromatic rings. The lowest BCUT2D eigenvalue weighted by molar-refractivity contribution is 0.102. The Morgan fingerprint density at radius 3 is 2.61 bits per heavy atom. The van der Waals surface area contributed by atoms with Crippen molar-refractivity contribution in [2.45, 2.75) is 25.0 Å². The fourth-order valence-corrected chi connectivity index (χ4v) is 5.11. The number of nitrogens with zero attached hydrogens (tertiary/aromatic N) is 4. The quantitative estimate of drug-likeness (QED) is 0.435. The number of rotatable bonds is 5. The third-order valence-electron chi connectivity index (χ3n) is 7.00. The maximum absolute atomic E-state index is 14.5. The molecule has 2 aliphatic heterocycles. The number of halogens is 2. The zero-order valence-electron chi connectivity index (χ0n) is 19.4. The van der Waals surface area contributed by atoms with Crippen LogP contribution in [0, 0.1) is 11.6 Å². The molecule has 1 atom stereocenters. The number of hydrogen-bond donors (Lipinski definition) is 2. The Kier molecular flexibility index (Phi) is 5.56. The highest BCUT2D eigenvalue weighted by Gasteiger charge is 2.29. The van der Waals surface area contributed by atoms with E-state index in [-0.39, 0.29) is 18.1 Å². The van der Waals surface area contributed by atoms with Crippen molar-refractivity contribution in [2.75, 3.05) is 34.8 Å². The van der Waals surface area contributed by atoms with Gasteiger partial charge in [0.15, 0.2) is 0 Å². The number of amides is 1. The Labute approximate surface area is 206 Å². The van der Waals surface area contributed by atoms with Crippen LogP contribution in [0.1, 0.15) is 34.8 Å². The van der Waals surface area contributed by atoms with E-state index in [9.17, 15) is 18.7 Å². The average molecular weight is 490 g/mol. The van der Waals surface area contributed by atoms with Crippen LogP contribution in [0.5, 0.6) is 0 Å². The minimum atomic E-state index is -0.459. The van der Waals surface area contributed by atoms with Crippen molar-refractivity contribution in [2.24, 2.45) is 0 Å². The van der Waals surface area contributed by atoms with Crippen molar-refractivity contribution in [3.63, 3.8) is 0 Å². The maximum Gasteiger partial charge on any atom is 0.259 e. The number of aliphatic hydroxyl groups is 1. The van der Waals surface area contributed by atoms with Crippen LogP contribution >= 0.6 is 0 Å². The lowest BCUT2D eigenvalue weighted by Crippen LogP contribution is -2.50. The summed E-state index contributed by atoms with van der Waals surface area (Å²) < 4.78 is 30.0. The Balaban J connectivity index is 1.24. The molecule has 0 radical (unpaired) electrons. The summed E-state index contributed by atoms with van der Waals surface area (Å²) in [6.45, 7) is 1.92. The van der Waals surface area contributed by atoms with Gasteiger partial charge < -0.3 is 20.2 Å². The Hall–Kier alpha value is -3.98. The van der Waals surface area contributed by atoms with E-state index in [2.05, 4.69) is 20.2 Å². The van der Waals surface area contributed by atoms with Gasteiger partial charge in [0.25, 0.3) is 5.91 Å². The molecule has 2 aliphatic rings. The van der Waals surface area contributed by atoms with Crippen molar-refractivity contribution in [1.29, 1.82) is 0 Å². The second kappa shape index (κ2) is 8.91. The second-order valence-electron chi connectivity index (χ2n) is 9.35. The first kappa shape index (κ1) is 22.5. The number of carbonyl (C=O) groups is 1. The van der Waals surface area contributed by atoms with E-state index in [4.69, 9.17) is 0 Å². The topological polar surface area (TPSA) is 73.1 Å². The minimum absolute atomic E-state index is 0.283. The van der Waals surface area contributed by atoms with Crippen LogP contribution in [0.4, 0.5) is 25.8 Å². The highest BCUT2D eigenvalue weighted by molar-refractivity contribution is 6.09. The molecule has 2 saturated heterocycles. The number of hydrogen-bond acceptors (Lipinski definition) is 5. The largest absolute Gasteiger partial charge is 0.389 e. The van der Waals surface area contributed by atoms with Crippen LogP contribution in [-0.2, 0) is 0 Å². The van der Waals surface area contributed by atoms with Gasteiger partial charge in [0.2, 0.25) is 0 Å². The number of nitrogens with one attached hydrogen (secondary N) is 1. The molecule has 184 valence electrons. The fraction of sp³-hybridized carbons (Fsp3) is 0.259. The molecule has 2 fully saturated rings. The molecular formula is C27H25F2N5O2. The molecule has 0 aliphatic carbocycles. The van der Waals surface area contributed by atoms with Gasteiger partial charge in [-0.15, -0.1) is 0 Å². The molecule has 0 spiro atoms. The number of pyridine rings is 1. The highest BCUT2D eigenvalue weighted by Crippen LogP contribution is 2.38. The Morgan fingerprint density at radius 1 is 1.03 bits per heavy atom. The third kappa shape index (κ3) is 4.05. The van der Waals surface area contributed by atoms with Crippen molar-refractivity contribution in [3.05, 3.63) is 89.8 Å². The third-order valence-corrected chi connectivity index (χ3v) is 7.00. The molecule has 6 rings (SSSR count). The Bertz CT molecular complexity index is 1430. The molecule has 0 bridgehead atoms. The van der Waals surface area contributed by atoms with Crippen molar-refractivity contribution in [3.8, 4) is 0 Å². The monoisotopic (exact) mass is 489 g/mol. The van der Waals surface area contributed by atoms with Gasteiger partial charge in [0, 0.05) is 48.5 Å². The summed E-state index contributed by atoms with van der Waals surface area (Å²) in [5, 5.41) is 16.7. The van der Waals surface area contributed by atoms with Crippen LogP contribution in [0.3, 0.4) is 0 Å². The number of carbonyl (C=O) groups excluding carboxylic acids is 1. The molecule has 2 aromatic heterocycles. The van der Waals surface area contributed by atoms with E-state index in [1.165, 1.54) is 18.3 Å². The predicted octanol–water partition coefficient (Wildman–Crippen LogP) is 4.39. The van der Waals surface area contributed by atoms with Gasteiger partial charge in [0.05, 0.1) is 29.4 Å². The molecule has 4 heterocycles. The van der Waals surface area contributed by atoms with Crippen LogP contribution in [0.2, 0.25) is 0 Å². The summed E-state index contributed by atoms with van der Waals surface area (Å²) in [4.78, 5) is 17.2. The van der Waals surface area contributed by atoms with Gasteiger partial charge in [-0.2, -0.15) is 5.10 Å². The van der Waals surface area contributed by atoms with Gasteiger partial charge in [-0.3, -0.25) is 4.79 Å². The second-order valence-corrected chi connectivity index (χ2v) is 9.35. The molecule has 1 unspecified atom stereocenters. The van der Waals surface area contributed by atoms with E-state index in [0.29, 0.717) is 48.4 Å². The van der Waals surface area contributed by atoms with E-state index < -0.39 is 11.6 Å². The zero-order chi connectivity index (χ0) is 24.8. The number of fused-ring (bicyclic) bond motifs is 1. The molecule has 36 heavy (non-hydrogen) atoms. The van der Waals surface area contributed by atoms with Crippen molar-refractivity contribution in [1.82, 2.24) is 9.61 Å². The first-order chi connectivity index (χ1) is 17.5. The smallest absolute Gasteiger partial charge is 0.259 e. The molecule has 2 aromatic carbocycles. The SMILES string of the molecule is O=C(Nc1ccc(N2CC(O)C2)cc1)c1cnn2ccc(N3CCCC3c3cc(F)ccc3F)cc12. The molecule has 7 nitrogen and oxygen atoms in total. The van der Waals surface area contributed by atoms with E-state index in [0.717, 1.165) is 23.9 Å². The lowest BCUT2D eigenvalue weighted by atomic mass is 10.0. The minimum Gasteiger partial charge on any atom is -0.389 e. The van der Waals surface area contributed by atoms with Gasteiger partial charge in [-0.05, 0) is 67.4 Å². The first-order valence-corrected chi connectivity index (χ1v) is 12.0. The number of aliphatic hydroxyl groups excluding tert-OH is 1. The van der Waals surface area contributed by atoms with Gasteiger partial charge in [0.1, 0.15) is 11.6 Å². The van der Waals surface area contributed by atoms with E-state index >= 15 is 0 Å². The number of aromatic nitrogens is 2. The number of anilines is 3. The summed E-state index contributed by atoms with van der Waals surface area (Å²) in [6.07, 6.45) is 4.58. The van der Waals surface area contributed by atoms with Gasteiger partial charge in [-0.1, -0.05) is 0 Å². The van der Waals surface area contributed by atoms with E-state index in [1.54, 1.807) is 10.7 Å². The molecule has 9 heteroatoms. The predicted molar refractivity (Wildman–Crippen MR) is 133 cm³/mol. The first-order valence-electron chi connectivity index (χ1n) is 12.0. The van der Waals surface area contributed by atoms with Crippen LogP contribution in [-0.4, -0.2) is 46.4 Å². The molecule has 0 saturated carbocycles. The summed E-state index contributed by atoms with van der Waals surface area (Å²) in [5.74, 6) is -1.17. The Morgan fingerprint density at radius 2 is 1.83 bits per heavy atom. The lowest BCUT2D eigenvalue weighted by Gasteiger charge is -2.37. The van der Waals surface area contributed by atoms with Gasteiger partial charge >= 0.3 is 0 Å².